The molecule has 19 heavy (non-hydrogen) atoms. The summed E-state index contributed by atoms with van der Waals surface area (Å²) in [4.78, 5) is 11.3. The van der Waals surface area contributed by atoms with Crippen molar-refractivity contribution < 1.29 is 9.90 Å². The standard InChI is InChI=1S/C11H19N3O2S3/c1-4-6-12-11(2,8(15)16)5-7-18-10-14-13-9(17-3)19-10/h12H,4-7H2,1-3H3,(H,15,16). The van der Waals surface area contributed by atoms with E-state index >= 15 is 0 Å². The van der Waals surface area contributed by atoms with Crippen LogP contribution < -0.4 is 5.32 Å². The van der Waals surface area contributed by atoms with Crippen LogP contribution in [0.1, 0.15) is 26.7 Å². The summed E-state index contributed by atoms with van der Waals surface area (Å²) in [6, 6.07) is 0. The van der Waals surface area contributed by atoms with E-state index in [0.717, 1.165) is 15.1 Å². The molecule has 1 heterocycles. The van der Waals surface area contributed by atoms with Gasteiger partial charge in [0.2, 0.25) is 0 Å². The van der Waals surface area contributed by atoms with Gasteiger partial charge in [-0.2, -0.15) is 0 Å². The van der Waals surface area contributed by atoms with Gasteiger partial charge in [0.1, 0.15) is 5.54 Å². The van der Waals surface area contributed by atoms with Gasteiger partial charge >= 0.3 is 5.97 Å². The van der Waals surface area contributed by atoms with Gasteiger partial charge in [-0.1, -0.05) is 41.8 Å². The summed E-state index contributed by atoms with van der Waals surface area (Å²) in [5.41, 5.74) is -0.865. The highest BCUT2D eigenvalue weighted by Crippen LogP contribution is 2.28. The Hall–Kier alpha value is -0.310. The summed E-state index contributed by atoms with van der Waals surface area (Å²) in [5, 5.41) is 20.5. The molecule has 1 aromatic heterocycles. The van der Waals surface area contributed by atoms with Crippen molar-refractivity contribution in [1.29, 1.82) is 0 Å². The molecule has 0 radical (unpaired) electrons. The molecule has 1 rings (SSSR count). The minimum absolute atomic E-state index is 0.557. The van der Waals surface area contributed by atoms with E-state index in [4.69, 9.17) is 0 Å². The highest BCUT2D eigenvalue weighted by Gasteiger charge is 2.31. The lowest BCUT2D eigenvalue weighted by Gasteiger charge is -2.25. The van der Waals surface area contributed by atoms with E-state index in [0.29, 0.717) is 18.7 Å². The fourth-order valence-electron chi connectivity index (χ4n) is 1.35. The van der Waals surface area contributed by atoms with E-state index in [1.165, 1.54) is 0 Å². The first-order valence-corrected chi connectivity index (χ1v) is 9.03. The number of carbonyl (C=O) groups is 1. The second-order valence-electron chi connectivity index (χ2n) is 4.20. The van der Waals surface area contributed by atoms with Crippen LogP contribution in [0.25, 0.3) is 0 Å². The lowest BCUT2D eigenvalue weighted by atomic mass is 9.99. The van der Waals surface area contributed by atoms with Crippen molar-refractivity contribution in [2.24, 2.45) is 0 Å². The molecule has 0 bridgehead atoms. The quantitative estimate of drug-likeness (QED) is 0.677. The van der Waals surface area contributed by atoms with Crippen LogP contribution in [-0.2, 0) is 4.79 Å². The number of carboxylic acids is 1. The topological polar surface area (TPSA) is 75.1 Å². The largest absolute Gasteiger partial charge is 0.480 e. The molecular weight excluding hydrogens is 302 g/mol. The smallest absolute Gasteiger partial charge is 0.323 e. The number of nitrogens with zero attached hydrogens (tertiary/aromatic N) is 2. The zero-order valence-electron chi connectivity index (χ0n) is 11.3. The number of aromatic nitrogens is 2. The van der Waals surface area contributed by atoms with E-state index in [1.807, 2.05) is 13.2 Å². The molecular formula is C11H19N3O2S3. The second-order valence-corrected chi connectivity index (χ2v) is 7.57. The van der Waals surface area contributed by atoms with Crippen LogP contribution in [-0.4, -0.2) is 45.4 Å². The molecule has 0 amide bonds. The zero-order chi connectivity index (χ0) is 14.3. The van der Waals surface area contributed by atoms with Gasteiger partial charge in [-0.15, -0.1) is 10.2 Å². The molecule has 5 nitrogen and oxygen atoms in total. The fourth-order valence-corrected chi connectivity index (χ4v) is 4.02. The molecule has 108 valence electrons. The van der Waals surface area contributed by atoms with Crippen LogP contribution in [0.2, 0.25) is 0 Å². The lowest BCUT2D eigenvalue weighted by molar-refractivity contribution is -0.144. The number of carboxylic acid groups (broad SMARTS) is 1. The van der Waals surface area contributed by atoms with Crippen LogP contribution >= 0.6 is 34.9 Å². The molecule has 0 aliphatic heterocycles. The highest BCUT2D eigenvalue weighted by atomic mass is 32.2. The van der Waals surface area contributed by atoms with Gasteiger partial charge < -0.3 is 10.4 Å². The fraction of sp³-hybridized carbons (Fsp3) is 0.727. The average molecular weight is 321 g/mol. The summed E-state index contributed by atoms with van der Waals surface area (Å²) in [5.74, 6) is -0.0914. The lowest BCUT2D eigenvalue weighted by Crippen LogP contribution is -2.50. The monoisotopic (exact) mass is 321 g/mol. The summed E-state index contributed by atoms with van der Waals surface area (Å²) in [6.07, 6.45) is 3.44. The van der Waals surface area contributed by atoms with Crippen molar-refractivity contribution in [2.45, 2.75) is 40.9 Å². The van der Waals surface area contributed by atoms with E-state index in [-0.39, 0.29) is 0 Å². The summed E-state index contributed by atoms with van der Waals surface area (Å²) in [7, 11) is 0. The molecule has 1 atom stereocenters. The molecule has 0 saturated heterocycles. The number of nitrogens with one attached hydrogen (secondary N) is 1. The van der Waals surface area contributed by atoms with Crippen molar-refractivity contribution in [3.8, 4) is 0 Å². The Morgan fingerprint density at radius 3 is 2.68 bits per heavy atom. The Kier molecular flexibility index (Phi) is 7.12. The molecule has 8 heteroatoms. The maximum atomic E-state index is 11.3. The Morgan fingerprint density at radius 1 is 1.47 bits per heavy atom. The van der Waals surface area contributed by atoms with Crippen LogP contribution in [0.4, 0.5) is 0 Å². The number of rotatable bonds is 9. The first-order chi connectivity index (χ1) is 9.01. The van der Waals surface area contributed by atoms with E-state index in [2.05, 4.69) is 15.5 Å². The number of hydrogen-bond acceptors (Lipinski definition) is 7. The van der Waals surface area contributed by atoms with Gasteiger partial charge in [0.05, 0.1) is 0 Å². The maximum Gasteiger partial charge on any atom is 0.323 e. The van der Waals surface area contributed by atoms with Gasteiger partial charge in [-0.3, -0.25) is 4.79 Å². The Morgan fingerprint density at radius 2 is 2.16 bits per heavy atom. The van der Waals surface area contributed by atoms with Gasteiger partial charge in [-0.25, -0.2) is 0 Å². The van der Waals surface area contributed by atoms with Crippen molar-refractivity contribution in [3.05, 3.63) is 0 Å². The predicted octanol–water partition coefficient (Wildman–Crippen LogP) is 2.59. The Bertz CT molecular complexity index is 414. The van der Waals surface area contributed by atoms with Crippen LogP contribution in [0.15, 0.2) is 8.68 Å². The third-order valence-electron chi connectivity index (χ3n) is 2.63. The minimum atomic E-state index is -0.865. The summed E-state index contributed by atoms with van der Waals surface area (Å²) >= 11 is 4.68. The molecule has 1 unspecified atom stereocenters. The predicted molar refractivity (Wildman–Crippen MR) is 81.4 cm³/mol. The number of aliphatic carboxylic acids is 1. The van der Waals surface area contributed by atoms with Crippen molar-refractivity contribution in [1.82, 2.24) is 15.5 Å². The molecule has 0 aliphatic rings. The van der Waals surface area contributed by atoms with Crippen molar-refractivity contribution >= 4 is 40.8 Å². The molecule has 0 spiro atoms. The molecule has 0 aromatic carbocycles. The molecule has 0 fully saturated rings. The number of hydrogen-bond donors (Lipinski definition) is 2. The minimum Gasteiger partial charge on any atom is -0.480 e. The molecule has 0 aliphatic carbocycles. The third kappa shape index (κ3) is 5.29. The van der Waals surface area contributed by atoms with Crippen LogP contribution in [0, 0.1) is 0 Å². The zero-order valence-corrected chi connectivity index (χ0v) is 13.8. The van der Waals surface area contributed by atoms with Gasteiger partial charge in [0, 0.05) is 5.75 Å². The van der Waals surface area contributed by atoms with Crippen molar-refractivity contribution in [2.75, 3.05) is 18.6 Å². The second kappa shape index (κ2) is 8.08. The normalized spacial score (nSPS) is 14.3. The van der Waals surface area contributed by atoms with Gasteiger partial charge in [0.25, 0.3) is 0 Å². The Balaban J connectivity index is 2.45. The third-order valence-corrected chi connectivity index (χ3v) is 5.66. The molecule has 0 saturated carbocycles. The highest BCUT2D eigenvalue weighted by molar-refractivity contribution is 8.02. The molecule has 2 N–H and O–H groups in total. The Labute approximate surface area is 126 Å². The molecule has 1 aromatic rings. The van der Waals surface area contributed by atoms with Crippen LogP contribution in [0.3, 0.4) is 0 Å². The van der Waals surface area contributed by atoms with E-state index in [1.54, 1.807) is 41.8 Å². The number of thioether (sulfide) groups is 2. The average Bonchev–Trinajstić information content (AvgIpc) is 2.84. The summed E-state index contributed by atoms with van der Waals surface area (Å²) < 4.78 is 1.83. The maximum absolute atomic E-state index is 11.3. The van der Waals surface area contributed by atoms with E-state index in [9.17, 15) is 9.90 Å². The first kappa shape index (κ1) is 16.7. The summed E-state index contributed by atoms with van der Waals surface area (Å²) in [6.45, 7) is 4.47. The van der Waals surface area contributed by atoms with Gasteiger partial charge in [-0.05, 0) is 32.6 Å². The van der Waals surface area contributed by atoms with Crippen LogP contribution in [0.5, 0.6) is 0 Å². The van der Waals surface area contributed by atoms with E-state index < -0.39 is 11.5 Å². The SMILES string of the molecule is CCCNC(C)(CCSc1nnc(SC)s1)C(=O)O. The van der Waals surface area contributed by atoms with Gasteiger partial charge in [0.15, 0.2) is 8.68 Å². The first-order valence-electron chi connectivity index (χ1n) is 6.00. The van der Waals surface area contributed by atoms with Crippen molar-refractivity contribution in [3.63, 3.8) is 0 Å².